The van der Waals surface area contributed by atoms with Crippen molar-refractivity contribution in [2.24, 2.45) is 0 Å². The first-order chi connectivity index (χ1) is 11.5. The highest BCUT2D eigenvalue weighted by atomic mass is 79.9. The zero-order valence-electron chi connectivity index (χ0n) is 13.1. The Balaban J connectivity index is 1.57. The molecule has 24 heavy (non-hydrogen) atoms. The summed E-state index contributed by atoms with van der Waals surface area (Å²) in [5.41, 5.74) is 1.19. The van der Waals surface area contributed by atoms with E-state index in [9.17, 15) is 9.59 Å². The highest BCUT2D eigenvalue weighted by Gasteiger charge is 2.25. The van der Waals surface area contributed by atoms with E-state index < -0.39 is 5.97 Å². The van der Waals surface area contributed by atoms with Crippen LogP contribution >= 0.6 is 15.9 Å². The van der Waals surface area contributed by atoms with Crippen molar-refractivity contribution in [3.05, 3.63) is 52.3 Å². The molecule has 2 heterocycles. The molecule has 0 bridgehead atoms. The molecule has 1 aromatic carbocycles. The van der Waals surface area contributed by atoms with Gasteiger partial charge in [0, 0.05) is 23.8 Å². The van der Waals surface area contributed by atoms with E-state index in [2.05, 4.69) is 21.0 Å². The minimum absolute atomic E-state index is 0.118. The number of carboxylic acids is 1. The lowest BCUT2D eigenvalue weighted by atomic mass is 10.0. The monoisotopic (exact) mass is 391 g/mol. The Morgan fingerprint density at radius 2 is 1.96 bits per heavy atom. The summed E-state index contributed by atoms with van der Waals surface area (Å²) in [6.07, 6.45) is 4.88. The number of carboxylic acid groups (broad SMARTS) is 1. The molecule has 1 fully saturated rings. The lowest BCUT2D eigenvalue weighted by Crippen LogP contribution is -2.40. The number of nitrogens with zero attached hydrogens (tertiary/aromatic N) is 3. The number of rotatable bonds is 4. The van der Waals surface area contributed by atoms with Crippen LogP contribution in [0.5, 0.6) is 0 Å². The Labute approximate surface area is 148 Å². The molecular weight excluding hydrogens is 374 g/mol. The maximum Gasteiger partial charge on any atom is 0.338 e. The zero-order chi connectivity index (χ0) is 17.1. The predicted octanol–water partition coefficient (Wildman–Crippen LogP) is 2.75. The second-order valence-corrected chi connectivity index (χ2v) is 6.75. The SMILES string of the molecule is O=C(O)c1cnn(C2CCN(C(=O)Cc3ccccc3Br)CC2)c1. The van der Waals surface area contributed by atoms with Gasteiger partial charge in [0.2, 0.25) is 5.91 Å². The Morgan fingerprint density at radius 1 is 1.25 bits per heavy atom. The van der Waals surface area contributed by atoms with E-state index in [4.69, 9.17) is 5.11 Å². The van der Waals surface area contributed by atoms with Gasteiger partial charge < -0.3 is 10.0 Å². The van der Waals surface area contributed by atoms with Crippen molar-refractivity contribution in [2.45, 2.75) is 25.3 Å². The van der Waals surface area contributed by atoms with Crippen LogP contribution in [0.25, 0.3) is 0 Å². The molecule has 0 saturated carbocycles. The van der Waals surface area contributed by atoms with Crippen LogP contribution in [0.15, 0.2) is 41.1 Å². The van der Waals surface area contributed by atoms with Gasteiger partial charge in [0.05, 0.1) is 24.2 Å². The Hall–Kier alpha value is -2.15. The minimum Gasteiger partial charge on any atom is -0.478 e. The summed E-state index contributed by atoms with van der Waals surface area (Å²) in [6, 6.07) is 7.89. The number of carbonyl (C=O) groups excluding carboxylic acids is 1. The molecule has 1 aromatic heterocycles. The van der Waals surface area contributed by atoms with Crippen LogP contribution in [0.2, 0.25) is 0 Å². The standard InChI is InChI=1S/C17H18BrN3O3/c18-15-4-2-1-3-12(15)9-16(22)20-7-5-14(6-8-20)21-11-13(10-19-21)17(23)24/h1-4,10-11,14H,5-9H2,(H,23,24). The maximum atomic E-state index is 12.5. The Bertz CT molecular complexity index is 751. The number of amides is 1. The molecule has 0 spiro atoms. The van der Waals surface area contributed by atoms with Crippen LogP contribution < -0.4 is 0 Å². The summed E-state index contributed by atoms with van der Waals surface area (Å²) in [7, 11) is 0. The van der Waals surface area contributed by atoms with Crippen molar-refractivity contribution in [3.63, 3.8) is 0 Å². The zero-order valence-corrected chi connectivity index (χ0v) is 14.6. The van der Waals surface area contributed by atoms with Crippen molar-refractivity contribution in [1.29, 1.82) is 0 Å². The number of halogens is 1. The summed E-state index contributed by atoms with van der Waals surface area (Å²) in [6.45, 7) is 1.33. The molecule has 7 heteroatoms. The van der Waals surface area contributed by atoms with E-state index in [1.165, 1.54) is 6.20 Å². The second kappa shape index (κ2) is 7.17. The molecule has 0 aliphatic carbocycles. The number of aromatic carboxylic acids is 1. The van der Waals surface area contributed by atoms with Crippen LogP contribution in [0.1, 0.15) is 34.8 Å². The molecule has 1 N–H and O–H groups in total. The third-order valence-corrected chi connectivity index (χ3v) is 5.11. The summed E-state index contributed by atoms with van der Waals surface area (Å²) >= 11 is 3.47. The smallest absolute Gasteiger partial charge is 0.338 e. The lowest BCUT2D eigenvalue weighted by molar-refractivity contribution is -0.131. The summed E-state index contributed by atoms with van der Waals surface area (Å²) in [5, 5.41) is 13.1. The molecule has 1 aliphatic rings. The van der Waals surface area contributed by atoms with Crippen molar-refractivity contribution >= 4 is 27.8 Å². The number of hydrogen-bond donors (Lipinski definition) is 1. The normalized spacial score (nSPS) is 15.5. The van der Waals surface area contributed by atoms with Gasteiger partial charge in [-0.25, -0.2) is 4.79 Å². The molecule has 1 aliphatic heterocycles. The molecule has 1 saturated heterocycles. The van der Waals surface area contributed by atoms with Gasteiger partial charge in [-0.1, -0.05) is 34.1 Å². The Kier molecular flexibility index (Phi) is 4.99. The number of likely N-dealkylation sites (tertiary alicyclic amines) is 1. The largest absolute Gasteiger partial charge is 0.478 e. The van der Waals surface area contributed by atoms with Gasteiger partial charge >= 0.3 is 5.97 Å². The molecule has 3 rings (SSSR count). The van der Waals surface area contributed by atoms with Crippen LogP contribution in [0.4, 0.5) is 0 Å². The molecule has 126 valence electrons. The van der Waals surface area contributed by atoms with Gasteiger partial charge in [-0.3, -0.25) is 9.48 Å². The minimum atomic E-state index is -0.970. The first-order valence-electron chi connectivity index (χ1n) is 7.83. The van der Waals surface area contributed by atoms with E-state index >= 15 is 0 Å². The van der Waals surface area contributed by atoms with Gasteiger partial charge in [0.25, 0.3) is 0 Å². The highest BCUT2D eigenvalue weighted by Crippen LogP contribution is 2.24. The summed E-state index contributed by atoms with van der Waals surface area (Å²) < 4.78 is 2.66. The third-order valence-electron chi connectivity index (χ3n) is 4.34. The third kappa shape index (κ3) is 3.67. The molecule has 1 amide bonds. The number of carbonyl (C=O) groups is 2. The van der Waals surface area contributed by atoms with Crippen LogP contribution in [0, 0.1) is 0 Å². The van der Waals surface area contributed by atoms with E-state index in [0.29, 0.717) is 19.5 Å². The molecule has 6 nitrogen and oxygen atoms in total. The fourth-order valence-corrected chi connectivity index (χ4v) is 3.37. The second-order valence-electron chi connectivity index (χ2n) is 5.89. The average Bonchev–Trinajstić information content (AvgIpc) is 3.07. The van der Waals surface area contributed by atoms with Crippen molar-refractivity contribution in [1.82, 2.24) is 14.7 Å². The van der Waals surface area contributed by atoms with Gasteiger partial charge in [-0.05, 0) is 24.5 Å². The van der Waals surface area contributed by atoms with E-state index in [0.717, 1.165) is 22.9 Å². The first-order valence-corrected chi connectivity index (χ1v) is 8.62. The van der Waals surface area contributed by atoms with Crippen molar-refractivity contribution in [3.8, 4) is 0 Å². The number of benzene rings is 1. The molecule has 0 radical (unpaired) electrons. The van der Waals surface area contributed by atoms with Crippen LogP contribution in [0.3, 0.4) is 0 Å². The number of piperidine rings is 1. The van der Waals surface area contributed by atoms with Crippen molar-refractivity contribution < 1.29 is 14.7 Å². The van der Waals surface area contributed by atoms with Crippen molar-refractivity contribution in [2.75, 3.05) is 13.1 Å². The summed E-state index contributed by atoms with van der Waals surface area (Å²) in [5.74, 6) is -0.852. The topological polar surface area (TPSA) is 75.4 Å². The highest BCUT2D eigenvalue weighted by molar-refractivity contribution is 9.10. The van der Waals surface area contributed by atoms with Crippen LogP contribution in [-0.2, 0) is 11.2 Å². The lowest BCUT2D eigenvalue weighted by Gasteiger charge is -2.32. The quantitative estimate of drug-likeness (QED) is 0.869. The molecule has 2 aromatic rings. The van der Waals surface area contributed by atoms with E-state index in [-0.39, 0.29) is 17.5 Å². The fraction of sp³-hybridized carbons (Fsp3) is 0.353. The van der Waals surface area contributed by atoms with Crippen LogP contribution in [-0.4, -0.2) is 44.8 Å². The molecule has 0 atom stereocenters. The number of aromatic nitrogens is 2. The molecular formula is C17H18BrN3O3. The molecule has 0 unspecified atom stereocenters. The van der Waals surface area contributed by atoms with Gasteiger partial charge in [0.1, 0.15) is 0 Å². The maximum absolute atomic E-state index is 12.5. The number of hydrogen-bond acceptors (Lipinski definition) is 3. The predicted molar refractivity (Wildman–Crippen MR) is 91.9 cm³/mol. The van der Waals surface area contributed by atoms with Gasteiger partial charge in [-0.15, -0.1) is 0 Å². The van der Waals surface area contributed by atoms with Gasteiger partial charge in [-0.2, -0.15) is 5.10 Å². The average molecular weight is 392 g/mol. The Morgan fingerprint density at radius 3 is 2.58 bits per heavy atom. The summed E-state index contributed by atoms with van der Waals surface area (Å²) in [4.78, 5) is 25.3. The van der Waals surface area contributed by atoms with Gasteiger partial charge in [0.15, 0.2) is 0 Å². The fourth-order valence-electron chi connectivity index (χ4n) is 2.94. The van der Waals surface area contributed by atoms with E-state index in [1.807, 2.05) is 29.2 Å². The van der Waals surface area contributed by atoms with E-state index in [1.54, 1.807) is 10.9 Å². The first kappa shape index (κ1) is 16.7.